The summed E-state index contributed by atoms with van der Waals surface area (Å²) in [7, 11) is 0. The van der Waals surface area contributed by atoms with Crippen LogP contribution < -0.4 is 0 Å². The first-order chi connectivity index (χ1) is 10.2. The van der Waals surface area contributed by atoms with Gasteiger partial charge in [0.15, 0.2) is 0 Å². The fourth-order valence-electron chi connectivity index (χ4n) is 3.01. The lowest BCUT2D eigenvalue weighted by atomic mass is 9.80. The normalized spacial score (nSPS) is 21.7. The van der Waals surface area contributed by atoms with Gasteiger partial charge in [0.1, 0.15) is 0 Å². The largest absolute Gasteiger partial charge is 0.374 e. The summed E-state index contributed by atoms with van der Waals surface area (Å²) in [6.07, 6.45) is 1.56. The average Bonchev–Trinajstić information content (AvgIpc) is 2.48. The van der Waals surface area contributed by atoms with Gasteiger partial charge in [-0.1, -0.05) is 44.2 Å². The van der Waals surface area contributed by atoms with Gasteiger partial charge in [0, 0.05) is 13.0 Å². The number of hydrogen-bond donors (Lipinski definition) is 0. The highest BCUT2D eigenvalue weighted by Crippen LogP contribution is 2.30. The summed E-state index contributed by atoms with van der Waals surface area (Å²) in [4.78, 5) is 14.7. The van der Waals surface area contributed by atoms with Crippen molar-refractivity contribution in [2.75, 3.05) is 13.2 Å². The third-order valence-electron chi connectivity index (χ3n) is 4.71. The maximum absolute atomic E-state index is 12.7. The fourth-order valence-corrected chi connectivity index (χ4v) is 3.01. The molecule has 0 spiro atoms. The maximum atomic E-state index is 12.7. The molecule has 0 bridgehead atoms. The van der Waals surface area contributed by atoms with Crippen LogP contribution in [0.4, 0.5) is 0 Å². The molecule has 1 amide bonds. The fraction of sp³-hybridized carbons (Fsp3) is 0.632. The number of hydrogen-bond acceptors (Lipinski definition) is 2. The number of ether oxygens (including phenoxy) is 1. The SMILES string of the molecule is CC1CN(C(=O)CCC(C)(C)c2ccccc2)C(C)(C)CO1. The quantitative estimate of drug-likeness (QED) is 0.847. The number of benzene rings is 1. The molecule has 1 fully saturated rings. The van der Waals surface area contributed by atoms with E-state index in [1.807, 2.05) is 17.9 Å². The number of morpholine rings is 1. The molecule has 3 nitrogen and oxygen atoms in total. The molecule has 3 heteroatoms. The minimum atomic E-state index is -0.208. The van der Waals surface area contributed by atoms with E-state index in [0.717, 1.165) is 6.42 Å². The first-order valence-electron chi connectivity index (χ1n) is 8.20. The third-order valence-corrected chi connectivity index (χ3v) is 4.71. The van der Waals surface area contributed by atoms with Gasteiger partial charge in [-0.2, -0.15) is 0 Å². The molecular weight excluding hydrogens is 274 g/mol. The van der Waals surface area contributed by atoms with Gasteiger partial charge in [-0.25, -0.2) is 0 Å². The number of amides is 1. The maximum Gasteiger partial charge on any atom is 0.223 e. The molecule has 0 aromatic heterocycles. The first-order valence-corrected chi connectivity index (χ1v) is 8.20. The molecule has 0 aliphatic carbocycles. The smallest absolute Gasteiger partial charge is 0.223 e. The number of carbonyl (C=O) groups is 1. The number of carbonyl (C=O) groups excluding carboxylic acids is 1. The summed E-state index contributed by atoms with van der Waals surface area (Å²) < 4.78 is 5.69. The van der Waals surface area contributed by atoms with Crippen LogP contribution in [0.2, 0.25) is 0 Å². The molecule has 1 heterocycles. The van der Waals surface area contributed by atoms with Gasteiger partial charge >= 0.3 is 0 Å². The molecule has 22 heavy (non-hydrogen) atoms. The Morgan fingerprint density at radius 3 is 2.59 bits per heavy atom. The predicted octanol–water partition coefficient (Wildman–Crippen LogP) is 3.77. The van der Waals surface area contributed by atoms with Gasteiger partial charge < -0.3 is 9.64 Å². The summed E-state index contributed by atoms with van der Waals surface area (Å²) in [6.45, 7) is 11.9. The molecule has 0 N–H and O–H groups in total. The summed E-state index contributed by atoms with van der Waals surface area (Å²) in [5.41, 5.74) is 1.09. The van der Waals surface area contributed by atoms with Crippen molar-refractivity contribution in [3.63, 3.8) is 0 Å². The lowest BCUT2D eigenvalue weighted by molar-refractivity contribution is -0.153. The Hall–Kier alpha value is -1.35. The zero-order valence-corrected chi connectivity index (χ0v) is 14.6. The molecule has 122 valence electrons. The van der Waals surface area contributed by atoms with E-state index >= 15 is 0 Å². The van der Waals surface area contributed by atoms with Gasteiger partial charge in [-0.3, -0.25) is 4.79 Å². The van der Waals surface area contributed by atoms with Crippen LogP contribution in [-0.2, 0) is 14.9 Å². The van der Waals surface area contributed by atoms with Crippen molar-refractivity contribution in [1.29, 1.82) is 0 Å². The molecule has 1 aliphatic heterocycles. The second-order valence-corrected chi connectivity index (χ2v) is 7.69. The van der Waals surface area contributed by atoms with Crippen molar-refractivity contribution in [2.24, 2.45) is 0 Å². The molecule has 1 aromatic rings. The van der Waals surface area contributed by atoms with Gasteiger partial charge in [-0.15, -0.1) is 0 Å². The van der Waals surface area contributed by atoms with E-state index in [2.05, 4.69) is 52.0 Å². The monoisotopic (exact) mass is 303 g/mol. The van der Waals surface area contributed by atoms with Gasteiger partial charge in [0.05, 0.1) is 18.2 Å². The van der Waals surface area contributed by atoms with E-state index in [4.69, 9.17) is 4.74 Å². The number of nitrogens with zero attached hydrogens (tertiary/aromatic N) is 1. The summed E-state index contributed by atoms with van der Waals surface area (Å²) in [5, 5.41) is 0. The molecule has 1 saturated heterocycles. The van der Waals surface area contributed by atoms with Gasteiger partial charge in [-0.05, 0) is 38.2 Å². The van der Waals surface area contributed by atoms with Crippen LogP contribution in [0.25, 0.3) is 0 Å². The zero-order chi connectivity index (χ0) is 16.4. The van der Waals surface area contributed by atoms with Crippen LogP contribution in [0.15, 0.2) is 30.3 Å². The van der Waals surface area contributed by atoms with Gasteiger partial charge in [0.2, 0.25) is 5.91 Å². The van der Waals surface area contributed by atoms with E-state index in [1.54, 1.807) is 0 Å². The lowest BCUT2D eigenvalue weighted by Crippen LogP contribution is -2.57. The van der Waals surface area contributed by atoms with E-state index in [1.165, 1.54) is 5.56 Å². The minimum Gasteiger partial charge on any atom is -0.374 e. The highest BCUT2D eigenvalue weighted by atomic mass is 16.5. The predicted molar refractivity (Wildman–Crippen MR) is 89.9 cm³/mol. The Bertz CT molecular complexity index is 507. The Morgan fingerprint density at radius 1 is 1.32 bits per heavy atom. The highest BCUT2D eigenvalue weighted by molar-refractivity contribution is 5.77. The Morgan fingerprint density at radius 2 is 1.95 bits per heavy atom. The molecule has 1 aromatic carbocycles. The molecule has 1 unspecified atom stereocenters. The minimum absolute atomic E-state index is 0.0129. The summed E-state index contributed by atoms with van der Waals surface area (Å²) in [6, 6.07) is 10.4. The van der Waals surface area contributed by atoms with E-state index in [0.29, 0.717) is 19.6 Å². The second-order valence-electron chi connectivity index (χ2n) is 7.69. The van der Waals surface area contributed by atoms with Gasteiger partial charge in [0.25, 0.3) is 0 Å². The van der Waals surface area contributed by atoms with Crippen molar-refractivity contribution in [3.8, 4) is 0 Å². The Labute approximate surface area is 134 Å². The lowest BCUT2D eigenvalue weighted by Gasteiger charge is -2.45. The first kappa shape index (κ1) is 17.0. The topological polar surface area (TPSA) is 29.5 Å². The molecule has 1 atom stereocenters. The zero-order valence-electron chi connectivity index (χ0n) is 14.6. The average molecular weight is 303 g/mol. The van der Waals surface area contributed by atoms with Crippen LogP contribution >= 0.6 is 0 Å². The summed E-state index contributed by atoms with van der Waals surface area (Å²) >= 11 is 0. The van der Waals surface area contributed by atoms with Crippen molar-refractivity contribution in [1.82, 2.24) is 4.90 Å². The van der Waals surface area contributed by atoms with Crippen molar-refractivity contribution in [2.45, 2.75) is 64.5 Å². The highest BCUT2D eigenvalue weighted by Gasteiger charge is 2.37. The standard InChI is InChI=1S/C19H29NO2/c1-15-13-20(19(4,5)14-22-15)17(21)11-12-18(2,3)16-9-7-6-8-10-16/h6-10,15H,11-14H2,1-5H3. The summed E-state index contributed by atoms with van der Waals surface area (Å²) in [5.74, 6) is 0.240. The van der Waals surface area contributed by atoms with E-state index in [-0.39, 0.29) is 23.0 Å². The Balaban J connectivity index is 2.00. The van der Waals surface area contributed by atoms with Crippen LogP contribution in [0.3, 0.4) is 0 Å². The van der Waals surface area contributed by atoms with Crippen molar-refractivity contribution >= 4 is 5.91 Å². The van der Waals surface area contributed by atoms with Crippen LogP contribution in [0.1, 0.15) is 53.0 Å². The molecule has 1 aliphatic rings. The number of rotatable bonds is 4. The molecule has 0 radical (unpaired) electrons. The van der Waals surface area contributed by atoms with Crippen LogP contribution in [0.5, 0.6) is 0 Å². The molecule has 2 rings (SSSR count). The van der Waals surface area contributed by atoms with E-state index < -0.39 is 0 Å². The molecule has 0 saturated carbocycles. The van der Waals surface area contributed by atoms with Crippen molar-refractivity contribution in [3.05, 3.63) is 35.9 Å². The Kier molecular flexibility index (Phi) is 4.96. The van der Waals surface area contributed by atoms with Crippen LogP contribution in [-0.4, -0.2) is 35.6 Å². The van der Waals surface area contributed by atoms with Crippen molar-refractivity contribution < 1.29 is 9.53 Å². The second kappa shape index (κ2) is 6.41. The molecular formula is C19H29NO2. The van der Waals surface area contributed by atoms with E-state index in [9.17, 15) is 4.79 Å². The third kappa shape index (κ3) is 3.89. The van der Waals surface area contributed by atoms with Crippen LogP contribution in [0, 0.1) is 0 Å².